The van der Waals surface area contributed by atoms with Crippen LogP contribution in [0.15, 0.2) is 47.6 Å². The molecule has 0 aliphatic rings. The molecule has 0 aliphatic carbocycles. The van der Waals surface area contributed by atoms with Crippen molar-refractivity contribution in [2.24, 2.45) is 5.10 Å². The summed E-state index contributed by atoms with van der Waals surface area (Å²) in [6.07, 6.45) is 1.66. The van der Waals surface area contributed by atoms with Gasteiger partial charge in [0.15, 0.2) is 5.82 Å². The average molecular weight is 384 g/mol. The number of methoxy groups -OCH3 is 2. The molecule has 0 fully saturated rings. The first-order chi connectivity index (χ1) is 13.2. The summed E-state index contributed by atoms with van der Waals surface area (Å²) in [5.41, 5.74) is 1.62. The van der Waals surface area contributed by atoms with Gasteiger partial charge < -0.3 is 14.2 Å². The van der Waals surface area contributed by atoms with Crippen LogP contribution in [0.25, 0.3) is 11.4 Å². The highest BCUT2D eigenvalue weighted by Gasteiger charge is 2.09. The Hall–Kier alpha value is -3.13. The monoisotopic (exact) mass is 384 g/mol. The average Bonchev–Trinajstić information content (AvgIpc) is 3.07. The minimum absolute atomic E-state index is 0.386. The van der Waals surface area contributed by atoms with E-state index in [9.17, 15) is 0 Å². The van der Waals surface area contributed by atoms with Crippen LogP contribution in [0.2, 0.25) is 0 Å². The third kappa shape index (κ3) is 4.17. The Morgan fingerprint density at radius 3 is 2.52 bits per heavy atom. The number of nitrogens with one attached hydrogen (secondary N) is 1. The zero-order valence-electron chi connectivity index (χ0n) is 15.3. The zero-order chi connectivity index (χ0) is 19.2. The van der Waals surface area contributed by atoms with E-state index in [1.165, 1.54) is 0 Å². The largest absolute Gasteiger partial charge is 0.497 e. The lowest BCUT2D eigenvalue weighted by Gasteiger charge is -2.07. The molecule has 3 aromatic rings. The second kappa shape index (κ2) is 8.50. The summed E-state index contributed by atoms with van der Waals surface area (Å²) < 4.78 is 18.1. The quantitative estimate of drug-likeness (QED) is 0.494. The molecular weight excluding hydrogens is 364 g/mol. The van der Waals surface area contributed by atoms with Gasteiger partial charge in [-0.25, -0.2) is 5.10 Å². The van der Waals surface area contributed by atoms with Gasteiger partial charge in [0.05, 0.1) is 27.0 Å². The molecule has 3 rings (SSSR count). The van der Waals surface area contributed by atoms with E-state index in [1.54, 1.807) is 25.1 Å². The number of nitrogens with zero attached hydrogens (tertiary/aromatic N) is 3. The van der Waals surface area contributed by atoms with Crippen molar-refractivity contribution in [3.8, 4) is 28.6 Å². The molecule has 0 aliphatic heterocycles. The van der Waals surface area contributed by atoms with E-state index in [-0.39, 0.29) is 0 Å². The first-order valence-corrected chi connectivity index (χ1v) is 8.74. The van der Waals surface area contributed by atoms with Crippen molar-refractivity contribution in [2.75, 3.05) is 20.8 Å². The van der Waals surface area contributed by atoms with E-state index in [4.69, 9.17) is 26.4 Å². The third-order valence-electron chi connectivity index (χ3n) is 3.82. The predicted molar refractivity (Wildman–Crippen MR) is 107 cm³/mol. The van der Waals surface area contributed by atoms with Crippen molar-refractivity contribution in [3.05, 3.63) is 52.8 Å². The fraction of sp³-hybridized carbons (Fsp3) is 0.211. The maximum Gasteiger partial charge on any atom is 0.216 e. The van der Waals surface area contributed by atoms with Crippen LogP contribution in [0, 0.1) is 4.77 Å². The van der Waals surface area contributed by atoms with Gasteiger partial charge in [-0.15, -0.1) is 0 Å². The van der Waals surface area contributed by atoms with Crippen molar-refractivity contribution in [3.63, 3.8) is 0 Å². The topological polar surface area (TPSA) is 73.7 Å². The number of aromatic amines is 1. The number of hydrogen-bond acceptors (Lipinski definition) is 6. The first-order valence-electron chi connectivity index (χ1n) is 8.33. The molecule has 8 heteroatoms. The fourth-order valence-electron chi connectivity index (χ4n) is 2.51. The van der Waals surface area contributed by atoms with Crippen molar-refractivity contribution < 1.29 is 14.2 Å². The molecule has 1 heterocycles. The van der Waals surface area contributed by atoms with Crippen molar-refractivity contribution in [1.82, 2.24) is 14.9 Å². The highest BCUT2D eigenvalue weighted by atomic mass is 32.1. The Bertz CT molecular complexity index is 993. The molecule has 0 unspecified atom stereocenters. The third-order valence-corrected chi connectivity index (χ3v) is 4.09. The zero-order valence-corrected chi connectivity index (χ0v) is 16.1. The van der Waals surface area contributed by atoms with Crippen LogP contribution in [0.4, 0.5) is 0 Å². The van der Waals surface area contributed by atoms with Crippen molar-refractivity contribution in [2.45, 2.75) is 6.92 Å². The van der Waals surface area contributed by atoms with Crippen LogP contribution in [-0.2, 0) is 0 Å². The summed E-state index contributed by atoms with van der Waals surface area (Å²) >= 11 is 5.32. The Balaban J connectivity index is 1.96. The first kappa shape index (κ1) is 18.7. The Morgan fingerprint density at radius 1 is 1.11 bits per heavy atom. The fourth-order valence-corrected chi connectivity index (χ4v) is 2.69. The maximum atomic E-state index is 5.47. The normalized spacial score (nSPS) is 10.9. The molecule has 1 aromatic heterocycles. The highest BCUT2D eigenvalue weighted by Crippen LogP contribution is 2.24. The minimum atomic E-state index is 0.386. The van der Waals surface area contributed by atoms with Crippen molar-refractivity contribution in [1.29, 1.82) is 0 Å². The summed E-state index contributed by atoms with van der Waals surface area (Å²) in [5.74, 6) is 2.78. The van der Waals surface area contributed by atoms with Crippen LogP contribution >= 0.6 is 12.2 Å². The van der Waals surface area contributed by atoms with Crippen LogP contribution in [-0.4, -0.2) is 41.9 Å². The summed E-state index contributed by atoms with van der Waals surface area (Å²) in [5, 5.41) is 11.5. The summed E-state index contributed by atoms with van der Waals surface area (Å²) in [6, 6.07) is 13.1. The van der Waals surface area contributed by atoms with Gasteiger partial charge in [-0.05, 0) is 61.6 Å². The number of aromatic nitrogens is 3. The molecule has 7 nitrogen and oxygen atoms in total. The number of rotatable bonds is 7. The molecule has 27 heavy (non-hydrogen) atoms. The van der Waals surface area contributed by atoms with Crippen LogP contribution in [0.1, 0.15) is 12.5 Å². The molecule has 140 valence electrons. The van der Waals surface area contributed by atoms with E-state index in [2.05, 4.69) is 15.3 Å². The van der Waals surface area contributed by atoms with Crippen molar-refractivity contribution >= 4 is 18.4 Å². The predicted octanol–water partition coefficient (Wildman–Crippen LogP) is 3.91. The van der Waals surface area contributed by atoms with Gasteiger partial charge >= 0.3 is 0 Å². The van der Waals surface area contributed by atoms with E-state index in [0.717, 1.165) is 16.9 Å². The second-order valence-corrected chi connectivity index (χ2v) is 5.86. The molecule has 0 radical (unpaired) electrons. The van der Waals surface area contributed by atoms with Crippen LogP contribution in [0.3, 0.4) is 0 Å². The number of hydrogen-bond donors (Lipinski definition) is 1. The summed E-state index contributed by atoms with van der Waals surface area (Å²) in [4.78, 5) is 0. The molecule has 0 saturated carbocycles. The second-order valence-electron chi connectivity index (χ2n) is 5.47. The van der Waals surface area contributed by atoms with E-state index in [1.807, 2.05) is 49.4 Å². The highest BCUT2D eigenvalue weighted by molar-refractivity contribution is 7.71. The standard InChI is InChI=1S/C19H20N4O3S/c1-4-26-15-7-5-13(6-8-15)18-21-22-19(27)23(18)20-12-14-11-16(24-2)9-10-17(14)25-3/h5-12H,4H2,1-3H3,(H,22,27)/b20-12-. The summed E-state index contributed by atoms with van der Waals surface area (Å²) in [6.45, 7) is 2.56. The molecule has 0 spiro atoms. The molecule has 0 atom stereocenters. The lowest BCUT2D eigenvalue weighted by Crippen LogP contribution is -1.97. The number of benzene rings is 2. The smallest absolute Gasteiger partial charge is 0.216 e. The van der Waals surface area contributed by atoms with Gasteiger partial charge in [0.25, 0.3) is 0 Å². The molecule has 1 N–H and O–H groups in total. The number of H-pyrrole nitrogens is 1. The lowest BCUT2D eigenvalue weighted by atomic mass is 10.2. The van der Waals surface area contributed by atoms with Gasteiger partial charge in [0.2, 0.25) is 4.77 Å². The molecule has 2 aromatic carbocycles. The lowest BCUT2D eigenvalue weighted by molar-refractivity contribution is 0.340. The van der Waals surface area contributed by atoms with E-state index in [0.29, 0.717) is 28.7 Å². The molecule has 0 saturated heterocycles. The summed E-state index contributed by atoms with van der Waals surface area (Å²) in [7, 11) is 3.22. The van der Waals surface area contributed by atoms with Gasteiger partial charge in [0.1, 0.15) is 17.2 Å². The van der Waals surface area contributed by atoms with Gasteiger partial charge in [0, 0.05) is 11.1 Å². The molecule has 0 amide bonds. The molecule has 0 bridgehead atoms. The van der Waals surface area contributed by atoms with Crippen LogP contribution < -0.4 is 14.2 Å². The maximum absolute atomic E-state index is 5.47. The van der Waals surface area contributed by atoms with Gasteiger partial charge in [-0.2, -0.15) is 14.9 Å². The van der Waals surface area contributed by atoms with E-state index >= 15 is 0 Å². The van der Waals surface area contributed by atoms with E-state index < -0.39 is 0 Å². The Kier molecular flexibility index (Phi) is 5.87. The SMILES string of the molecule is CCOc1ccc(-c2n[nH]c(=S)n2/N=C\c2cc(OC)ccc2OC)cc1. The Morgan fingerprint density at radius 2 is 1.85 bits per heavy atom. The Labute approximate surface area is 162 Å². The number of ether oxygens (including phenoxy) is 3. The minimum Gasteiger partial charge on any atom is -0.497 e. The molecular formula is C19H20N4O3S. The van der Waals surface area contributed by atoms with Gasteiger partial charge in [-0.1, -0.05) is 0 Å². The van der Waals surface area contributed by atoms with Gasteiger partial charge in [-0.3, -0.25) is 0 Å². The van der Waals surface area contributed by atoms with Crippen LogP contribution in [0.5, 0.6) is 17.2 Å².